The normalized spacial score (nSPS) is 19.2. The van der Waals surface area contributed by atoms with Gasteiger partial charge >= 0.3 is 0 Å². The van der Waals surface area contributed by atoms with Gasteiger partial charge in [-0.1, -0.05) is 18.2 Å². The Morgan fingerprint density at radius 2 is 1.62 bits per heavy atom. The Morgan fingerprint density at radius 3 is 2.38 bits per heavy atom. The molecule has 0 spiro atoms. The average molecular weight is 431 g/mol. The number of nitrogens with zero attached hydrogens (tertiary/aromatic N) is 2. The largest absolute Gasteiger partial charge is 0.338 e. The number of anilines is 1. The molecule has 1 aromatic heterocycles. The van der Waals surface area contributed by atoms with Crippen LogP contribution in [0.25, 0.3) is 0 Å². The predicted octanol–water partition coefficient (Wildman–Crippen LogP) is 3.50. The molecule has 2 amide bonds. The Morgan fingerprint density at radius 1 is 0.875 bits per heavy atom. The van der Waals surface area contributed by atoms with Gasteiger partial charge in [-0.05, 0) is 60.9 Å². The molecule has 6 nitrogen and oxygen atoms in total. The average Bonchev–Trinajstić information content (AvgIpc) is 2.81. The number of nitrogens with one attached hydrogen (secondary N) is 1. The Balaban J connectivity index is 1.37. The lowest BCUT2D eigenvalue weighted by Gasteiger charge is -2.43. The first-order valence-electron chi connectivity index (χ1n) is 10.6. The topological polar surface area (TPSA) is 71.4 Å². The van der Waals surface area contributed by atoms with Crippen molar-refractivity contribution in [2.75, 3.05) is 18.4 Å². The molecule has 1 fully saturated rings. The Hall–Kier alpha value is -3.74. The van der Waals surface area contributed by atoms with Crippen molar-refractivity contribution >= 4 is 17.5 Å². The minimum absolute atomic E-state index is 0.0403. The van der Waals surface area contributed by atoms with Crippen molar-refractivity contribution in [2.45, 2.75) is 18.9 Å². The number of fused-ring (bicyclic) bond motifs is 4. The number of amides is 2. The molecular weight excluding hydrogens is 409 g/mol. The molecule has 1 saturated heterocycles. The van der Waals surface area contributed by atoms with E-state index < -0.39 is 0 Å². The summed E-state index contributed by atoms with van der Waals surface area (Å²) in [7, 11) is 0. The molecule has 1 N–H and O–H groups in total. The number of hydrogen-bond acceptors (Lipinski definition) is 3. The van der Waals surface area contributed by atoms with Crippen LogP contribution in [0.4, 0.5) is 10.1 Å². The highest BCUT2D eigenvalue weighted by Crippen LogP contribution is 2.36. The lowest BCUT2D eigenvalue weighted by molar-refractivity contribution is 0.0594. The second-order valence-electron chi connectivity index (χ2n) is 8.42. The summed E-state index contributed by atoms with van der Waals surface area (Å²) in [5, 5.41) is 2.73. The molecule has 5 rings (SSSR count). The van der Waals surface area contributed by atoms with E-state index >= 15 is 0 Å². The summed E-state index contributed by atoms with van der Waals surface area (Å²) in [5.41, 5.74) is 1.85. The van der Waals surface area contributed by atoms with Crippen LogP contribution in [0.2, 0.25) is 0 Å². The zero-order valence-electron chi connectivity index (χ0n) is 17.3. The van der Waals surface area contributed by atoms with Gasteiger partial charge in [0.05, 0.1) is 0 Å². The van der Waals surface area contributed by atoms with E-state index in [9.17, 15) is 18.8 Å². The molecule has 2 aliphatic rings. The van der Waals surface area contributed by atoms with Crippen LogP contribution in [-0.2, 0) is 6.54 Å². The number of halogens is 1. The quantitative estimate of drug-likeness (QED) is 0.690. The second kappa shape index (κ2) is 8.07. The third-order valence-electron chi connectivity index (χ3n) is 6.27. The van der Waals surface area contributed by atoms with Crippen LogP contribution in [0.1, 0.15) is 38.7 Å². The third kappa shape index (κ3) is 3.70. The fourth-order valence-corrected chi connectivity index (χ4v) is 4.77. The van der Waals surface area contributed by atoms with Crippen LogP contribution in [0.5, 0.6) is 0 Å². The SMILES string of the molecule is O=C(Nc1ccc2n(c1=O)C[C@H]1C[C@@H]2CN(C(=O)c2ccc(F)cc2)C1)c1ccccc1. The van der Waals surface area contributed by atoms with Gasteiger partial charge in [-0.3, -0.25) is 14.4 Å². The maximum absolute atomic E-state index is 13.2. The predicted molar refractivity (Wildman–Crippen MR) is 118 cm³/mol. The van der Waals surface area contributed by atoms with Crippen LogP contribution in [-0.4, -0.2) is 34.4 Å². The van der Waals surface area contributed by atoms with Crippen molar-refractivity contribution in [3.8, 4) is 0 Å². The summed E-state index contributed by atoms with van der Waals surface area (Å²) >= 11 is 0. The molecule has 7 heteroatoms. The van der Waals surface area contributed by atoms with E-state index in [-0.39, 0.29) is 40.7 Å². The number of piperidine rings is 1. The zero-order chi connectivity index (χ0) is 22.2. The zero-order valence-corrected chi connectivity index (χ0v) is 17.3. The van der Waals surface area contributed by atoms with E-state index in [4.69, 9.17) is 0 Å². The fraction of sp³-hybridized carbons (Fsp3) is 0.240. The number of aromatic nitrogens is 1. The van der Waals surface area contributed by atoms with Gasteiger partial charge in [-0.25, -0.2) is 4.39 Å². The van der Waals surface area contributed by atoms with Gasteiger partial charge in [-0.15, -0.1) is 0 Å². The van der Waals surface area contributed by atoms with Crippen molar-refractivity contribution in [2.24, 2.45) is 5.92 Å². The van der Waals surface area contributed by atoms with Crippen molar-refractivity contribution in [1.82, 2.24) is 9.47 Å². The van der Waals surface area contributed by atoms with E-state index in [0.717, 1.165) is 12.1 Å². The summed E-state index contributed by atoms with van der Waals surface area (Å²) in [5.74, 6) is -0.639. The molecule has 0 aliphatic carbocycles. The number of pyridine rings is 1. The van der Waals surface area contributed by atoms with Crippen LogP contribution >= 0.6 is 0 Å². The molecular formula is C25H22FN3O3. The van der Waals surface area contributed by atoms with Gasteiger partial charge in [0.15, 0.2) is 0 Å². The van der Waals surface area contributed by atoms with Crippen molar-refractivity contribution < 1.29 is 14.0 Å². The summed E-state index contributed by atoms with van der Waals surface area (Å²) in [6.45, 7) is 1.54. The van der Waals surface area contributed by atoms with Gasteiger partial charge in [0.1, 0.15) is 11.5 Å². The van der Waals surface area contributed by atoms with Gasteiger partial charge in [0.2, 0.25) is 0 Å². The molecule has 162 valence electrons. The fourth-order valence-electron chi connectivity index (χ4n) is 4.77. The highest BCUT2D eigenvalue weighted by molar-refractivity contribution is 6.04. The Kier molecular flexibility index (Phi) is 5.09. The molecule has 32 heavy (non-hydrogen) atoms. The van der Waals surface area contributed by atoms with Gasteiger partial charge in [0, 0.05) is 42.4 Å². The second-order valence-corrected chi connectivity index (χ2v) is 8.42. The monoisotopic (exact) mass is 431 g/mol. The molecule has 2 aromatic carbocycles. The highest BCUT2D eigenvalue weighted by Gasteiger charge is 2.37. The number of benzene rings is 2. The number of likely N-dealkylation sites (tertiary alicyclic amines) is 1. The minimum Gasteiger partial charge on any atom is -0.338 e. The van der Waals surface area contributed by atoms with Crippen LogP contribution in [0.15, 0.2) is 71.5 Å². The van der Waals surface area contributed by atoms with Crippen LogP contribution in [0, 0.1) is 11.7 Å². The van der Waals surface area contributed by atoms with Crippen LogP contribution in [0.3, 0.4) is 0 Å². The van der Waals surface area contributed by atoms with E-state index in [1.807, 2.05) is 12.1 Å². The van der Waals surface area contributed by atoms with Crippen LogP contribution < -0.4 is 10.9 Å². The first-order chi connectivity index (χ1) is 15.5. The number of carbonyl (C=O) groups is 2. The smallest absolute Gasteiger partial charge is 0.274 e. The number of hydrogen-bond donors (Lipinski definition) is 1. The Labute approximate surface area is 184 Å². The van der Waals surface area contributed by atoms with Crippen molar-refractivity contribution in [3.05, 3.63) is 99.7 Å². The molecule has 3 aromatic rings. The Bertz CT molecular complexity index is 1240. The standard InChI is InChI=1S/C25H22FN3O3/c26-20-8-6-18(7-9-20)24(31)28-13-16-12-19(15-28)22-11-10-21(25(32)29(22)14-16)27-23(30)17-4-2-1-3-5-17/h1-11,16,19H,12-15H2,(H,27,30)/t16-,19+/m0/s1. The van der Waals surface area contributed by atoms with Gasteiger partial charge in [0.25, 0.3) is 17.4 Å². The number of rotatable bonds is 3. The van der Waals surface area contributed by atoms with E-state index in [2.05, 4.69) is 5.32 Å². The maximum atomic E-state index is 13.2. The summed E-state index contributed by atoms with van der Waals surface area (Å²) in [6.07, 6.45) is 0.905. The summed E-state index contributed by atoms with van der Waals surface area (Å²) in [6, 6.07) is 17.9. The van der Waals surface area contributed by atoms with Gasteiger partial charge < -0.3 is 14.8 Å². The molecule has 2 aliphatic heterocycles. The van der Waals surface area contributed by atoms with E-state index in [0.29, 0.717) is 30.8 Å². The van der Waals surface area contributed by atoms with E-state index in [1.54, 1.807) is 39.8 Å². The molecule has 0 radical (unpaired) electrons. The molecule has 3 heterocycles. The summed E-state index contributed by atoms with van der Waals surface area (Å²) < 4.78 is 14.9. The van der Waals surface area contributed by atoms with E-state index in [1.165, 1.54) is 24.3 Å². The molecule has 0 unspecified atom stereocenters. The first kappa shape index (κ1) is 20.2. The molecule has 0 saturated carbocycles. The van der Waals surface area contributed by atoms with Gasteiger partial charge in [-0.2, -0.15) is 0 Å². The summed E-state index contributed by atoms with van der Waals surface area (Å²) in [4.78, 5) is 40.3. The third-order valence-corrected chi connectivity index (χ3v) is 6.27. The molecule has 2 bridgehead atoms. The van der Waals surface area contributed by atoms with Crippen molar-refractivity contribution in [1.29, 1.82) is 0 Å². The first-order valence-corrected chi connectivity index (χ1v) is 10.6. The lowest BCUT2D eigenvalue weighted by Crippen LogP contribution is -2.49. The maximum Gasteiger partial charge on any atom is 0.274 e. The lowest BCUT2D eigenvalue weighted by atomic mass is 9.83. The number of carbonyl (C=O) groups excluding carboxylic acids is 2. The van der Waals surface area contributed by atoms with Crippen molar-refractivity contribution in [3.63, 3.8) is 0 Å². The molecule has 2 atom stereocenters. The minimum atomic E-state index is -0.375. The highest BCUT2D eigenvalue weighted by atomic mass is 19.1.